The van der Waals surface area contributed by atoms with Crippen LogP contribution in [0.3, 0.4) is 0 Å². The minimum atomic E-state index is 0.00986. The van der Waals surface area contributed by atoms with Crippen LogP contribution in [-0.2, 0) is 9.53 Å². The SMILES string of the molecule is CCC[C@H]1C[C@@H]2CC[C@H]([C@H]1C(=O)OC)N2C. The number of esters is 1. The second-order valence-electron chi connectivity index (χ2n) is 5.30. The zero-order chi connectivity index (χ0) is 11.7. The minimum Gasteiger partial charge on any atom is -0.469 e. The lowest BCUT2D eigenvalue weighted by molar-refractivity contribution is -0.152. The summed E-state index contributed by atoms with van der Waals surface area (Å²) in [5, 5.41) is 0. The van der Waals surface area contributed by atoms with Crippen LogP contribution >= 0.6 is 0 Å². The molecule has 3 heteroatoms. The van der Waals surface area contributed by atoms with Crippen molar-refractivity contribution in [1.29, 1.82) is 0 Å². The molecule has 2 saturated heterocycles. The van der Waals surface area contributed by atoms with Gasteiger partial charge in [-0.3, -0.25) is 9.69 Å². The van der Waals surface area contributed by atoms with E-state index in [1.54, 1.807) is 0 Å². The minimum absolute atomic E-state index is 0.00986. The Morgan fingerprint density at radius 2 is 2.19 bits per heavy atom. The lowest BCUT2D eigenvalue weighted by atomic mass is 9.78. The van der Waals surface area contributed by atoms with Crippen LogP contribution in [0.25, 0.3) is 0 Å². The van der Waals surface area contributed by atoms with Gasteiger partial charge >= 0.3 is 5.97 Å². The largest absolute Gasteiger partial charge is 0.469 e. The lowest BCUT2D eigenvalue weighted by Gasteiger charge is -2.41. The summed E-state index contributed by atoms with van der Waals surface area (Å²) in [6.07, 6.45) is 5.94. The van der Waals surface area contributed by atoms with E-state index in [0.29, 0.717) is 18.0 Å². The first kappa shape index (κ1) is 11.9. The highest BCUT2D eigenvalue weighted by Gasteiger charge is 2.48. The standard InChI is InChI=1S/C13H23NO2/c1-4-5-9-8-10-6-7-11(14(10)2)12(9)13(15)16-3/h9-12H,4-8H2,1-3H3/t9-,10-,11+,12-/m0/s1. The second kappa shape index (κ2) is 4.74. The van der Waals surface area contributed by atoms with E-state index in [1.165, 1.54) is 39.2 Å². The van der Waals surface area contributed by atoms with Gasteiger partial charge in [0, 0.05) is 12.1 Å². The zero-order valence-electron chi connectivity index (χ0n) is 10.6. The van der Waals surface area contributed by atoms with Crippen molar-refractivity contribution < 1.29 is 9.53 Å². The summed E-state index contributed by atoms with van der Waals surface area (Å²) in [5.41, 5.74) is 0. The fourth-order valence-electron chi connectivity index (χ4n) is 3.72. The van der Waals surface area contributed by atoms with Crippen molar-refractivity contribution in [2.45, 2.75) is 51.1 Å². The summed E-state index contributed by atoms with van der Waals surface area (Å²) in [6, 6.07) is 1.14. The number of ether oxygens (including phenoxy) is 1. The number of piperidine rings is 1. The molecule has 92 valence electrons. The Morgan fingerprint density at radius 3 is 2.81 bits per heavy atom. The van der Waals surface area contributed by atoms with Gasteiger partial charge in [0.1, 0.15) is 0 Å². The van der Waals surface area contributed by atoms with Crippen LogP contribution in [-0.4, -0.2) is 37.1 Å². The highest BCUT2D eigenvalue weighted by molar-refractivity contribution is 5.74. The third kappa shape index (κ3) is 1.86. The summed E-state index contributed by atoms with van der Waals surface area (Å²) in [5.74, 6) is 0.676. The molecule has 2 fully saturated rings. The van der Waals surface area contributed by atoms with Crippen molar-refractivity contribution in [2.75, 3.05) is 14.2 Å². The van der Waals surface area contributed by atoms with E-state index in [2.05, 4.69) is 18.9 Å². The molecule has 2 rings (SSSR count). The van der Waals surface area contributed by atoms with E-state index in [0.717, 1.165) is 0 Å². The first-order chi connectivity index (χ1) is 7.69. The van der Waals surface area contributed by atoms with Crippen LogP contribution in [0.4, 0.5) is 0 Å². The van der Waals surface area contributed by atoms with Gasteiger partial charge in [-0.15, -0.1) is 0 Å². The highest BCUT2D eigenvalue weighted by Crippen LogP contribution is 2.43. The Hall–Kier alpha value is -0.570. The Balaban J connectivity index is 2.17. The fourth-order valence-corrected chi connectivity index (χ4v) is 3.72. The summed E-state index contributed by atoms with van der Waals surface area (Å²) in [4.78, 5) is 14.3. The molecule has 0 spiro atoms. The predicted octanol–water partition coefficient (Wildman–Crippen LogP) is 2.06. The third-order valence-corrected chi connectivity index (χ3v) is 4.52. The molecular weight excluding hydrogens is 202 g/mol. The number of methoxy groups -OCH3 is 1. The van der Waals surface area contributed by atoms with Crippen LogP contribution in [0.15, 0.2) is 0 Å². The third-order valence-electron chi connectivity index (χ3n) is 4.52. The summed E-state index contributed by atoms with van der Waals surface area (Å²) in [6.45, 7) is 2.20. The monoisotopic (exact) mass is 225 g/mol. The van der Waals surface area contributed by atoms with Crippen molar-refractivity contribution in [3.05, 3.63) is 0 Å². The molecule has 0 aromatic rings. The Morgan fingerprint density at radius 1 is 1.44 bits per heavy atom. The van der Waals surface area contributed by atoms with Crippen LogP contribution < -0.4 is 0 Å². The van der Waals surface area contributed by atoms with Gasteiger partial charge < -0.3 is 4.74 Å². The van der Waals surface area contributed by atoms with Gasteiger partial charge in [0.05, 0.1) is 13.0 Å². The zero-order valence-corrected chi connectivity index (χ0v) is 10.6. The Bertz CT molecular complexity index is 267. The van der Waals surface area contributed by atoms with Gasteiger partial charge in [-0.25, -0.2) is 0 Å². The van der Waals surface area contributed by atoms with Crippen molar-refractivity contribution in [3.63, 3.8) is 0 Å². The molecule has 0 aromatic carbocycles. The molecule has 16 heavy (non-hydrogen) atoms. The maximum atomic E-state index is 11.9. The van der Waals surface area contributed by atoms with E-state index in [4.69, 9.17) is 4.74 Å². The Kier molecular flexibility index (Phi) is 3.53. The fraction of sp³-hybridized carbons (Fsp3) is 0.923. The van der Waals surface area contributed by atoms with E-state index >= 15 is 0 Å². The van der Waals surface area contributed by atoms with E-state index in [9.17, 15) is 4.79 Å². The van der Waals surface area contributed by atoms with Crippen molar-refractivity contribution >= 4 is 5.97 Å². The van der Waals surface area contributed by atoms with E-state index < -0.39 is 0 Å². The molecule has 0 amide bonds. The van der Waals surface area contributed by atoms with Gasteiger partial charge in [-0.1, -0.05) is 13.3 Å². The first-order valence-electron chi connectivity index (χ1n) is 6.48. The van der Waals surface area contributed by atoms with Crippen LogP contribution in [0, 0.1) is 11.8 Å². The number of rotatable bonds is 3. The topological polar surface area (TPSA) is 29.5 Å². The number of carbonyl (C=O) groups excluding carboxylic acids is 1. The summed E-state index contributed by atoms with van der Waals surface area (Å²) >= 11 is 0. The van der Waals surface area contributed by atoms with Gasteiger partial charge in [0.15, 0.2) is 0 Å². The lowest BCUT2D eigenvalue weighted by Crippen LogP contribution is -2.49. The molecule has 0 aromatic heterocycles. The molecule has 0 saturated carbocycles. The normalized spacial score (nSPS) is 38.7. The first-order valence-corrected chi connectivity index (χ1v) is 6.48. The Labute approximate surface area is 98.1 Å². The highest BCUT2D eigenvalue weighted by atomic mass is 16.5. The number of carbonyl (C=O) groups is 1. The van der Waals surface area contributed by atoms with Gasteiger partial charge in [-0.05, 0) is 38.6 Å². The number of hydrogen-bond donors (Lipinski definition) is 0. The second-order valence-corrected chi connectivity index (χ2v) is 5.30. The van der Waals surface area contributed by atoms with Crippen molar-refractivity contribution in [2.24, 2.45) is 11.8 Å². The van der Waals surface area contributed by atoms with Crippen LogP contribution in [0.2, 0.25) is 0 Å². The molecule has 2 heterocycles. The average Bonchev–Trinajstić information content (AvgIpc) is 2.53. The van der Waals surface area contributed by atoms with Gasteiger partial charge in [-0.2, -0.15) is 0 Å². The smallest absolute Gasteiger partial charge is 0.310 e. The molecule has 0 aliphatic carbocycles. The van der Waals surface area contributed by atoms with Gasteiger partial charge in [0.2, 0.25) is 0 Å². The number of hydrogen-bond acceptors (Lipinski definition) is 3. The molecule has 0 radical (unpaired) electrons. The average molecular weight is 225 g/mol. The maximum absolute atomic E-state index is 11.9. The summed E-state index contributed by atoms with van der Waals surface area (Å²) < 4.78 is 5.00. The molecule has 2 aliphatic rings. The number of nitrogens with zero attached hydrogens (tertiary/aromatic N) is 1. The molecule has 0 unspecified atom stereocenters. The van der Waals surface area contributed by atoms with E-state index in [-0.39, 0.29) is 11.9 Å². The van der Waals surface area contributed by atoms with Crippen molar-refractivity contribution in [3.8, 4) is 0 Å². The quantitative estimate of drug-likeness (QED) is 0.689. The van der Waals surface area contributed by atoms with E-state index in [1.807, 2.05) is 0 Å². The predicted molar refractivity (Wildman–Crippen MR) is 63.1 cm³/mol. The molecule has 3 nitrogen and oxygen atoms in total. The van der Waals surface area contributed by atoms with Crippen LogP contribution in [0.1, 0.15) is 39.0 Å². The van der Waals surface area contributed by atoms with Gasteiger partial charge in [0.25, 0.3) is 0 Å². The summed E-state index contributed by atoms with van der Waals surface area (Å²) in [7, 11) is 3.69. The molecule has 2 aliphatic heterocycles. The molecule has 2 bridgehead atoms. The molecule has 4 atom stereocenters. The molecular formula is C13H23NO2. The molecule has 0 N–H and O–H groups in total. The maximum Gasteiger partial charge on any atom is 0.310 e. The van der Waals surface area contributed by atoms with Crippen LogP contribution in [0.5, 0.6) is 0 Å². The van der Waals surface area contributed by atoms with Crippen molar-refractivity contribution in [1.82, 2.24) is 4.90 Å². The number of fused-ring (bicyclic) bond motifs is 2.